The normalized spacial score (nSPS) is 33.8. The maximum atomic E-state index is 6.22. The number of rotatable bonds is 3. The Morgan fingerprint density at radius 2 is 1.55 bits per heavy atom. The summed E-state index contributed by atoms with van der Waals surface area (Å²) in [5, 5.41) is 0. The summed E-state index contributed by atoms with van der Waals surface area (Å²) in [6.07, 6.45) is 7.32. The molecule has 1 aliphatic heterocycles. The minimum Gasteiger partial charge on any atom is -0.403 e. The van der Waals surface area contributed by atoms with Crippen LogP contribution in [-0.4, -0.2) is 31.5 Å². The van der Waals surface area contributed by atoms with Gasteiger partial charge in [0.15, 0.2) is 0 Å². The first-order chi connectivity index (χ1) is 9.36. The lowest BCUT2D eigenvalue weighted by Gasteiger charge is -2.32. The number of hydrogen-bond acceptors (Lipinski definition) is 4. The molecule has 5 heteroatoms. The van der Waals surface area contributed by atoms with E-state index in [1.807, 2.05) is 7.05 Å². The molecule has 0 aromatic rings. The Bertz CT molecular complexity index is 306. The monoisotopic (exact) mass is 283 g/mol. The maximum Gasteiger partial charge on any atom is 0.461 e. The Morgan fingerprint density at radius 1 is 0.950 bits per heavy atom. The Hall–Kier alpha value is -0.0951. The van der Waals surface area contributed by atoms with Crippen LogP contribution in [-0.2, 0) is 14.1 Å². The lowest BCUT2D eigenvalue weighted by Crippen LogP contribution is -2.41. The van der Waals surface area contributed by atoms with E-state index in [-0.39, 0.29) is 18.3 Å². The van der Waals surface area contributed by atoms with Crippen molar-refractivity contribution >= 4 is 7.12 Å². The highest BCUT2D eigenvalue weighted by molar-refractivity contribution is 6.47. The number of hydrogen-bond donors (Lipinski definition) is 1. The zero-order valence-electron chi connectivity index (χ0n) is 13.7. The van der Waals surface area contributed by atoms with Crippen LogP contribution in [0, 0.1) is 0 Å². The topological polar surface area (TPSA) is 39.7 Å². The van der Waals surface area contributed by atoms with E-state index in [1.165, 1.54) is 19.3 Å². The van der Waals surface area contributed by atoms with Crippen molar-refractivity contribution in [1.29, 1.82) is 0 Å². The fraction of sp³-hybridized carbons (Fsp3) is 1.00. The van der Waals surface area contributed by atoms with Gasteiger partial charge < -0.3 is 9.31 Å². The molecule has 2 unspecified atom stereocenters. The third-order valence-corrected chi connectivity index (χ3v) is 5.15. The van der Waals surface area contributed by atoms with Crippen molar-refractivity contribution < 1.29 is 14.1 Å². The third kappa shape index (κ3) is 3.56. The summed E-state index contributed by atoms with van der Waals surface area (Å²) in [4.78, 5) is 5.58. The van der Waals surface area contributed by atoms with Crippen molar-refractivity contribution in [3.05, 3.63) is 0 Å². The predicted octanol–water partition coefficient (Wildman–Crippen LogP) is 3.32. The van der Waals surface area contributed by atoms with E-state index in [9.17, 15) is 0 Å². The van der Waals surface area contributed by atoms with Gasteiger partial charge >= 0.3 is 7.12 Å². The molecule has 116 valence electrons. The molecule has 0 amide bonds. The molecule has 2 rings (SSSR count). The van der Waals surface area contributed by atoms with Crippen molar-refractivity contribution in [3.63, 3.8) is 0 Å². The van der Waals surface area contributed by atoms with Gasteiger partial charge in [-0.2, -0.15) is 0 Å². The van der Waals surface area contributed by atoms with Crippen LogP contribution in [0.25, 0.3) is 0 Å². The molecule has 0 spiro atoms. The Morgan fingerprint density at radius 3 is 2.15 bits per heavy atom. The molecular weight excluding hydrogens is 253 g/mol. The summed E-state index contributed by atoms with van der Waals surface area (Å²) in [7, 11) is 1.78. The summed E-state index contributed by atoms with van der Waals surface area (Å²) in [5.41, 5.74) is 2.39. The first-order valence-corrected chi connectivity index (χ1v) is 8.04. The third-order valence-electron chi connectivity index (χ3n) is 5.15. The van der Waals surface area contributed by atoms with Gasteiger partial charge in [0.2, 0.25) is 0 Å². The van der Waals surface area contributed by atoms with Crippen molar-refractivity contribution in [2.45, 2.75) is 89.3 Å². The predicted molar refractivity (Wildman–Crippen MR) is 81.5 cm³/mol. The zero-order chi connectivity index (χ0) is 14.8. The molecule has 1 saturated carbocycles. The van der Waals surface area contributed by atoms with Gasteiger partial charge in [-0.3, -0.25) is 4.84 Å². The molecule has 20 heavy (non-hydrogen) atoms. The average Bonchev–Trinajstić information content (AvgIpc) is 2.52. The second-order valence-electron chi connectivity index (χ2n) is 7.19. The van der Waals surface area contributed by atoms with Crippen LogP contribution in [0.4, 0.5) is 0 Å². The Balaban J connectivity index is 1.95. The molecule has 1 saturated heterocycles. The first-order valence-electron chi connectivity index (χ1n) is 8.04. The number of hydroxylamine groups is 1. The lowest BCUT2D eigenvalue weighted by atomic mass is 9.65. The van der Waals surface area contributed by atoms with Crippen molar-refractivity contribution in [3.8, 4) is 0 Å². The minimum atomic E-state index is -0.221. The van der Waals surface area contributed by atoms with Gasteiger partial charge in [-0.25, -0.2) is 5.48 Å². The molecule has 1 heterocycles. The van der Waals surface area contributed by atoms with Gasteiger partial charge in [0.1, 0.15) is 0 Å². The highest BCUT2D eigenvalue weighted by Crippen LogP contribution is 2.43. The summed E-state index contributed by atoms with van der Waals surface area (Å²) >= 11 is 0. The average molecular weight is 283 g/mol. The minimum absolute atomic E-state index is 0.0617. The fourth-order valence-corrected chi connectivity index (χ4v) is 3.10. The van der Waals surface area contributed by atoms with E-state index >= 15 is 0 Å². The maximum absolute atomic E-state index is 6.22. The van der Waals surface area contributed by atoms with Crippen LogP contribution in [0.2, 0.25) is 5.82 Å². The summed E-state index contributed by atoms with van der Waals surface area (Å²) in [5.74, 6) is 0.485. The van der Waals surface area contributed by atoms with Crippen molar-refractivity contribution in [2.24, 2.45) is 0 Å². The molecule has 0 aromatic carbocycles. The van der Waals surface area contributed by atoms with Crippen LogP contribution in [0.15, 0.2) is 0 Å². The molecule has 0 bridgehead atoms. The summed E-state index contributed by atoms with van der Waals surface area (Å²) in [6, 6.07) is 0. The van der Waals surface area contributed by atoms with Gasteiger partial charge in [-0.15, -0.1) is 0 Å². The quantitative estimate of drug-likeness (QED) is 0.637. The van der Waals surface area contributed by atoms with Crippen molar-refractivity contribution in [1.82, 2.24) is 5.48 Å². The summed E-state index contributed by atoms with van der Waals surface area (Å²) in [6.45, 7) is 8.51. The molecule has 1 aliphatic carbocycles. The van der Waals surface area contributed by atoms with E-state index in [1.54, 1.807) is 0 Å². The van der Waals surface area contributed by atoms with E-state index in [2.05, 4.69) is 33.2 Å². The highest BCUT2D eigenvalue weighted by atomic mass is 16.7. The first kappa shape index (κ1) is 16.3. The molecule has 2 atom stereocenters. The van der Waals surface area contributed by atoms with Gasteiger partial charge in [0, 0.05) is 7.05 Å². The smallest absolute Gasteiger partial charge is 0.403 e. The van der Waals surface area contributed by atoms with Crippen LogP contribution in [0.1, 0.15) is 66.2 Å². The SMILES string of the molecule is CNOC1CCCCC(B2OC(C)(C)C(C)(C)O2)CC1. The van der Waals surface area contributed by atoms with Crippen LogP contribution < -0.4 is 5.48 Å². The second-order valence-corrected chi connectivity index (χ2v) is 7.19. The Labute approximate surface area is 124 Å². The molecule has 2 aliphatic rings. The standard InChI is InChI=1S/C15H30BNO3/c1-14(2)15(3,4)20-16(19-14)12-8-6-7-9-13(11-10-12)18-17-5/h12-13,17H,6-11H2,1-5H3. The van der Waals surface area contributed by atoms with Gasteiger partial charge in [0.25, 0.3) is 0 Å². The molecule has 2 fully saturated rings. The van der Waals surface area contributed by atoms with Crippen LogP contribution in [0.3, 0.4) is 0 Å². The van der Waals surface area contributed by atoms with Gasteiger partial charge in [0.05, 0.1) is 17.3 Å². The molecule has 4 nitrogen and oxygen atoms in total. The van der Waals surface area contributed by atoms with E-state index in [0.29, 0.717) is 11.9 Å². The highest BCUT2D eigenvalue weighted by Gasteiger charge is 2.53. The van der Waals surface area contributed by atoms with Gasteiger partial charge in [-0.05, 0) is 52.8 Å². The largest absolute Gasteiger partial charge is 0.461 e. The zero-order valence-corrected chi connectivity index (χ0v) is 13.7. The van der Waals surface area contributed by atoms with Crippen molar-refractivity contribution in [2.75, 3.05) is 7.05 Å². The second kappa shape index (κ2) is 6.35. The van der Waals surface area contributed by atoms with Gasteiger partial charge in [-0.1, -0.05) is 19.3 Å². The lowest BCUT2D eigenvalue weighted by molar-refractivity contribution is -0.0251. The van der Waals surface area contributed by atoms with E-state index in [4.69, 9.17) is 14.1 Å². The molecule has 1 N–H and O–H groups in total. The Kier molecular flexibility index (Phi) is 5.16. The van der Waals surface area contributed by atoms with E-state index in [0.717, 1.165) is 19.3 Å². The molecule has 0 radical (unpaired) electrons. The van der Waals surface area contributed by atoms with E-state index < -0.39 is 0 Å². The van der Waals surface area contributed by atoms with Crippen LogP contribution in [0.5, 0.6) is 0 Å². The van der Waals surface area contributed by atoms with Crippen LogP contribution >= 0.6 is 0 Å². The number of nitrogens with one attached hydrogen (secondary N) is 1. The fourth-order valence-electron chi connectivity index (χ4n) is 3.10. The molecular formula is C15H30BNO3. The molecule has 0 aromatic heterocycles. The summed E-state index contributed by atoms with van der Waals surface area (Å²) < 4.78 is 12.4.